The normalized spacial score (nSPS) is 10.7. The molecule has 6 heterocycles. The number of carbonyl (C=O) groups excluding carboxylic acids is 3. The van der Waals surface area contributed by atoms with E-state index in [-0.39, 0.29) is 19.3 Å². The minimum Gasteiger partial charge on any atom is -0.497 e. The van der Waals surface area contributed by atoms with Crippen molar-refractivity contribution in [3.05, 3.63) is 171 Å². The van der Waals surface area contributed by atoms with E-state index in [1.807, 2.05) is 129 Å². The topological polar surface area (TPSA) is 297 Å². The van der Waals surface area contributed by atoms with Gasteiger partial charge in [-0.25, -0.2) is 4.98 Å². The highest BCUT2D eigenvalue weighted by Gasteiger charge is 2.20. The fraction of sp³-hybridized carbons (Fsp3) is 0.161. The van der Waals surface area contributed by atoms with E-state index < -0.39 is 35.6 Å². The van der Waals surface area contributed by atoms with Crippen molar-refractivity contribution in [3.8, 4) is 66.2 Å². The number of thiazole rings is 1. The Hall–Kier alpha value is -9.25. The molecule has 9 N–H and O–H groups in total. The summed E-state index contributed by atoms with van der Waals surface area (Å²) < 4.78 is 21.4. The maximum atomic E-state index is 11.4. The van der Waals surface area contributed by atoms with Crippen LogP contribution in [-0.4, -0.2) is 91.0 Å². The first kappa shape index (κ1) is 56.5. The van der Waals surface area contributed by atoms with Crippen LogP contribution in [0.25, 0.3) is 48.9 Å². The fourth-order valence-corrected chi connectivity index (χ4v) is 10.7. The average Bonchev–Trinajstić information content (AvgIpc) is 4.33. The number of carboxylic acids is 3. The highest BCUT2D eigenvalue weighted by atomic mass is 32.1. The Morgan fingerprint density at radius 2 is 0.872 bits per heavy atom. The van der Waals surface area contributed by atoms with Crippen LogP contribution in [0.2, 0.25) is 0 Å². The maximum Gasteiger partial charge on any atom is 0.303 e. The molecule has 0 aliphatic rings. The van der Waals surface area contributed by atoms with Gasteiger partial charge in [-0.3, -0.25) is 33.3 Å². The molecule has 0 saturated carbocycles. The number of primary amides is 3. The lowest BCUT2D eigenvalue weighted by Crippen LogP contribution is -2.09. The van der Waals surface area contributed by atoms with Gasteiger partial charge in [0.1, 0.15) is 32.1 Å². The van der Waals surface area contributed by atoms with E-state index in [0.29, 0.717) is 39.7 Å². The number of hydrogen-bond acceptors (Lipinski definition) is 13. The molecule has 6 aromatic heterocycles. The molecular formula is C56H53N7O12S3. The Morgan fingerprint density at radius 3 is 1.22 bits per heavy atom. The van der Waals surface area contributed by atoms with Gasteiger partial charge >= 0.3 is 17.9 Å². The van der Waals surface area contributed by atoms with E-state index in [2.05, 4.69) is 4.98 Å². The molecule has 3 amide bonds. The number of carboxylic acid groups (broad SMARTS) is 3. The summed E-state index contributed by atoms with van der Waals surface area (Å²) in [5.74, 6) is -1.84. The number of carbonyl (C=O) groups is 6. The number of benzene rings is 3. The number of amides is 3. The molecule has 9 rings (SSSR count). The first-order valence-electron chi connectivity index (χ1n) is 23.7. The number of aliphatic carboxylic acids is 3. The molecule has 0 unspecified atom stereocenters. The zero-order valence-corrected chi connectivity index (χ0v) is 44.7. The smallest absolute Gasteiger partial charge is 0.303 e. The number of thiophene rings is 2. The molecule has 0 radical (unpaired) electrons. The standard InChI is InChI=1S/2C19H18N2O4S.C18H17N3O4S/c1-25-14-6-2-12(3-7-14)15-8-4-13(5-11-18(22)23)21(15)17-10-9-16(26-17)19(20)24;1-25-15-6-2-12(3-7-15)16-8-4-14(5-9-18(22)23)21(16)17-10-13(11-26-17)19(20)24;1-25-13-6-2-11(3-7-13)14-8-4-12(5-9-16(22)23)21(14)18-20-10-15(26-18)17(19)24/h2-4,6-10H,5,11H2,1H3,(H2,20,24)(H,22,23);2-4,6-8,10-11H,5,9H2,1H3,(H2,20,24)(H,22,23);2-4,6-8,10H,5,9H2,1H3,(H2,19,24)(H,22,23). The summed E-state index contributed by atoms with van der Waals surface area (Å²) in [6, 6.07) is 39.5. The van der Waals surface area contributed by atoms with Gasteiger partial charge in [0.25, 0.3) is 11.8 Å². The van der Waals surface area contributed by atoms with E-state index >= 15 is 0 Å². The first-order valence-corrected chi connectivity index (χ1v) is 26.2. The molecule has 0 spiro atoms. The van der Waals surface area contributed by atoms with E-state index in [9.17, 15) is 28.8 Å². The highest BCUT2D eigenvalue weighted by molar-refractivity contribution is 7.16. The van der Waals surface area contributed by atoms with Crippen molar-refractivity contribution < 1.29 is 58.3 Å². The Balaban J connectivity index is 0.000000170. The van der Waals surface area contributed by atoms with Crippen LogP contribution in [0.3, 0.4) is 0 Å². The molecule has 0 saturated heterocycles. The van der Waals surface area contributed by atoms with Crippen molar-refractivity contribution in [2.45, 2.75) is 38.5 Å². The Morgan fingerprint density at radius 1 is 0.474 bits per heavy atom. The molecule has 78 heavy (non-hydrogen) atoms. The van der Waals surface area contributed by atoms with Crippen LogP contribution in [0.15, 0.2) is 139 Å². The molecule has 0 atom stereocenters. The number of nitrogens with zero attached hydrogens (tertiary/aromatic N) is 4. The third-order valence-electron chi connectivity index (χ3n) is 11.9. The Kier molecular flexibility index (Phi) is 18.8. The zero-order chi connectivity index (χ0) is 56.0. The van der Waals surface area contributed by atoms with Gasteiger partial charge in [0.05, 0.1) is 74.3 Å². The average molecular weight is 1110 g/mol. The van der Waals surface area contributed by atoms with Crippen molar-refractivity contribution in [2.24, 2.45) is 17.2 Å². The highest BCUT2D eigenvalue weighted by Crippen LogP contribution is 2.35. The van der Waals surface area contributed by atoms with Crippen molar-refractivity contribution >= 4 is 69.6 Å². The van der Waals surface area contributed by atoms with Crippen LogP contribution in [0.4, 0.5) is 0 Å². The second-order valence-corrected chi connectivity index (χ2v) is 19.9. The molecule has 3 aromatic carbocycles. The lowest BCUT2D eigenvalue weighted by atomic mass is 10.1. The summed E-state index contributed by atoms with van der Waals surface area (Å²) >= 11 is 3.84. The summed E-state index contributed by atoms with van der Waals surface area (Å²) in [4.78, 5) is 72.3. The van der Waals surface area contributed by atoms with E-state index in [1.165, 1.54) is 40.2 Å². The lowest BCUT2D eigenvalue weighted by Gasteiger charge is -2.12. The number of aromatic nitrogens is 4. The van der Waals surface area contributed by atoms with Crippen molar-refractivity contribution in [3.63, 3.8) is 0 Å². The van der Waals surface area contributed by atoms with Gasteiger partial charge in [-0.2, -0.15) is 0 Å². The van der Waals surface area contributed by atoms with Crippen LogP contribution in [0.5, 0.6) is 17.2 Å². The van der Waals surface area contributed by atoms with Crippen LogP contribution in [-0.2, 0) is 33.6 Å². The van der Waals surface area contributed by atoms with Crippen molar-refractivity contribution in [1.29, 1.82) is 0 Å². The maximum absolute atomic E-state index is 11.4. The minimum absolute atomic E-state index is 0.000117. The second-order valence-electron chi connectivity index (χ2n) is 16.9. The number of rotatable bonds is 21. The van der Waals surface area contributed by atoms with Crippen LogP contribution in [0.1, 0.15) is 66.0 Å². The monoisotopic (exact) mass is 1110 g/mol. The Labute approximate surface area is 458 Å². The minimum atomic E-state index is -0.874. The third kappa shape index (κ3) is 14.0. The van der Waals surface area contributed by atoms with Crippen molar-refractivity contribution in [2.75, 3.05) is 21.3 Å². The number of ether oxygens (including phenoxy) is 3. The predicted molar refractivity (Wildman–Crippen MR) is 298 cm³/mol. The van der Waals surface area contributed by atoms with Gasteiger partial charge < -0.3 is 55.9 Å². The Bertz CT molecular complexity index is 3200. The second kappa shape index (κ2) is 26.0. The van der Waals surface area contributed by atoms with Gasteiger partial charge in [0, 0.05) is 22.5 Å². The van der Waals surface area contributed by atoms with Gasteiger partial charge in [0.2, 0.25) is 5.91 Å². The fourth-order valence-electron chi connectivity index (χ4n) is 8.07. The number of nitrogens with two attached hydrogens (primary N) is 3. The van der Waals surface area contributed by atoms with E-state index in [0.717, 1.165) is 78.1 Å². The molecular weight excluding hydrogens is 1060 g/mol. The lowest BCUT2D eigenvalue weighted by molar-refractivity contribution is -0.138. The number of aryl methyl sites for hydroxylation is 3. The molecule has 402 valence electrons. The molecule has 22 heteroatoms. The molecule has 9 aromatic rings. The summed E-state index contributed by atoms with van der Waals surface area (Å²) in [6.07, 6.45) is 2.60. The molecule has 19 nitrogen and oxygen atoms in total. The van der Waals surface area contributed by atoms with Crippen LogP contribution >= 0.6 is 34.0 Å². The van der Waals surface area contributed by atoms with E-state index in [1.54, 1.807) is 38.8 Å². The van der Waals surface area contributed by atoms with Gasteiger partial charge in [0.15, 0.2) is 5.13 Å². The number of methoxy groups -OCH3 is 3. The van der Waals surface area contributed by atoms with Crippen LogP contribution < -0.4 is 31.4 Å². The van der Waals surface area contributed by atoms with Gasteiger partial charge in [-0.15, -0.1) is 22.7 Å². The molecule has 0 aliphatic carbocycles. The summed E-state index contributed by atoms with van der Waals surface area (Å²) in [6.45, 7) is 0. The summed E-state index contributed by atoms with van der Waals surface area (Å²) in [7, 11) is 4.82. The van der Waals surface area contributed by atoms with Crippen LogP contribution in [0, 0.1) is 0 Å². The largest absolute Gasteiger partial charge is 0.497 e. The first-order chi connectivity index (χ1) is 37.5. The molecule has 0 aliphatic heterocycles. The van der Waals surface area contributed by atoms with Gasteiger partial charge in [-0.1, -0.05) is 11.3 Å². The zero-order valence-electron chi connectivity index (χ0n) is 42.3. The molecule has 0 bridgehead atoms. The van der Waals surface area contributed by atoms with Gasteiger partial charge in [-0.05, 0) is 163 Å². The SMILES string of the molecule is COc1ccc(-c2ccc(CCC(=O)O)n2-c2cc(C(N)=O)cs2)cc1.COc1ccc(-c2ccc(CCC(=O)O)n2-c2ccc(C(N)=O)s2)cc1.COc1ccc(-c2ccc(CCC(=O)O)n2-c2ncc(C(N)=O)s2)cc1. The third-order valence-corrected chi connectivity index (χ3v) is 14.9. The summed E-state index contributed by atoms with van der Waals surface area (Å²) in [5.41, 5.74) is 24.5. The summed E-state index contributed by atoms with van der Waals surface area (Å²) in [5, 5.41) is 30.9. The molecule has 0 fully saturated rings. The number of hydrogen-bond donors (Lipinski definition) is 6. The predicted octanol–water partition coefficient (Wildman–Crippen LogP) is 9.39. The van der Waals surface area contributed by atoms with Crippen molar-refractivity contribution in [1.82, 2.24) is 18.7 Å². The quantitative estimate of drug-likeness (QED) is 0.0391. The van der Waals surface area contributed by atoms with E-state index in [4.69, 9.17) is 46.7 Å².